The first-order valence-corrected chi connectivity index (χ1v) is 25.2. The van der Waals surface area contributed by atoms with Gasteiger partial charge in [0.15, 0.2) is 11.6 Å². The van der Waals surface area contributed by atoms with Gasteiger partial charge in [-0.25, -0.2) is 0 Å². The number of nitrogens with zero attached hydrogens (tertiary/aromatic N) is 3. The van der Waals surface area contributed by atoms with Gasteiger partial charge in [-0.1, -0.05) is 84.9 Å². The summed E-state index contributed by atoms with van der Waals surface area (Å²) in [4.78, 5) is 111. The first-order valence-electron chi connectivity index (χ1n) is 25.2. The zero-order valence-electron chi connectivity index (χ0n) is 43.0. The standard InChI is InChI=1S/C56H73N5O10/c1-34(2)42(30-50(64)70-8)54(68)59-28-10-12-46(59)48(62)32-57-52(66)38-18-14-36(15-19-38)44-26-27-45(61(44)41-24-22-40(23-25-41)56(5,6)7)37-16-20-39(21-17-37)53(67)58-33-49(63)47-13-11-29-60(47)55(69)43(35(3)4)31-51(65)71-9/h14-25,34-35,42-47H,10-13,26-33H2,1-9H3,(H,57,66)(H,58,67)/t42-,43-,44?,45?,46-,47-/m0/s1. The summed E-state index contributed by atoms with van der Waals surface area (Å²) in [6.07, 6.45) is 3.79. The fraction of sp³-hybridized carbons (Fsp3) is 0.536. The Hall–Kier alpha value is -6.38. The van der Waals surface area contributed by atoms with E-state index in [1.54, 1.807) is 34.1 Å². The van der Waals surface area contributed by atoms with Crippen molar-refractivity contribution in [3.63, 3.8) is 0 Å². The summed E-state index contributed by atoms with van der Waals surface area (Å²) in [7, 11) is 2.57. The van der Waals surface area contributed by atoms with E-state index in [0.29, 0.717) is 49.9 Å². The zero-order valence-corrected chi connectivity index (χ0v) is 43.0. The molecule has 0 bridgehead atoms. The van der Waals surface area contributed by atoms with Gasteiger partial charge in [-0.15, -0.1) is 0 Å². The number of methoxy groups -OCH3 is 2. The van der Waals surface area contributed by atoms with Crippen LogP contribution in [0.3, 0.4) is 0 Å². The maximum Gasteiger partial charge on any atom is 0.306 e. The molecule has 3 aromatic rings. The number of anilines is 1. The monoisotopic (exact) mass is 976 g/mol. The van der Waals surface area contributed by atoms with E-state index < -0.39 is 47.7 Å². The predicted octanol–water partition coefficient (Wildman–Crippen LogP) is 7.32. The molecule has 0 radical (unpaired) electrons. The molecule has 15 nitrogen and oxygen atoms in total. The Kier molecular flexibility index (Phi) is 18.0. The summed E-state index contributed by atoms with van der Waals surface area (Å²) >= 11 is 0. The Bertz CT molecular complexity index is 2270. The first kappa shape index (κ1) is 54.0. The number of esters is 2. The predicted molar refractivity (Wildman–Crippen MR) is 269 cm³/mol. The molecule has 3 saturated heterocycles. The van der Waals surface area contributed by atoms with Crippen LogP contribution in [0.1, 0.15) is 149 Å². The number of ether oxygens (including phenoxy) is 2. The molecule has 0 aliphatic carbocycles. The van der Waals surface area contributed by atoms with Gasteiger partial charge in [-0.2, -0.15) is 0 Å². The Morgan fingerprint density at radius 3 is 1.28 bits per heavy atom. The van der Waals surface area contributed by atoms with Crippen molar-refractivity contribution in [1.82, 2.24) is 20.4 Å². The molecular formula is C56H73N5O10. The van der Waals surface area contributed by atoms with Crippen LogP contribution in [-0.2, 0) is 43.7 Å². The van der Waals surface area contributed by atoms with Crippen LogP contribution in [0.2, 0.25) is 0 Å². The van der Waals surface area contributed by atoms with Crippen LogP contribution >= 0.6 is 0 Å². The smallest absolute Gasteiger partial charge is 0.306 e. The lowest BCUT2D eigenvalue weighted by Gasteiger charge is -2.34. The van der Waals surface area contributed by atoms with Crippen molar-refractivity contribution >= 4 is 52.8 Å². The maximum atomic E-state index is 13.5. The second kappa shape index (κ2) is 23.7. The van der Waals surface area contributed by atoms with Crippen molar-refractivity contribution in [2.45, 2.75) is 129 Å². The lowest BCUT2D eigenvalue weighted by molar-refractivity contribution is -0.149. The molecule has 15 heteroatoms. The molecule has 6 rings (SSSR count). The number of hydrogen-bond donors (Lipinski definition) is 2. The van der Waals surface area contributed by atoms with Crippen LogP contribution in [0, 0.1) is 23.7 Å². The third-order valence-corrected chi connectivity index (χ3v) is 14.7. The van der Waals surface area contributed by atoms with E-state index in [1.165, 1.54) is 19.8 Å². The van der Waals surface area contributed by atoms with Crippen LogP contribution in [0.5, 0.6) is 0 Å². The minimum Gasteiger partial charge on any atom is -0.469 e. The van der Waals surface area contributed by atoms with Crippen LogP contribution in [0.25, 0.3) is 0 Å². The topological polar surface area (TPSA) is 189 Å². The van der Waals surface area contributed by atoms with Crippen molar-refractivity contribution in [2.24, 2.45) is 23.7 Å². The number of likely N-dealkylation sites (tertiary alicyclic amines) is 2. The van der Waals surface area contributed by atoms with E-state index in [0.717, 1.165) is 29.7 Å². The van der Waals surface area contributed by atoms with Gasteiger partial charge >= 0.3 is 11.9 Å². The third-order valence-electron chi connectivity index (χ3n) is 14.7. The fourth-order valence-electron chi connectivity index (χ4n) is 10.3. The molecule has 3 aliphatic heterocycles. The number of carbonyl (C=O) groups excluding carboxylic acids is 8. The second-order valence-corrected chi connectivity index (χ2v) is 21.0. The van der Waals surface area contributed by atoms with Crippen LogP contribution in [-0.4, -0.2) is 109 Å². The molecule has 3 fully saturated rings. The van der Waals surface area contributed by atoms with Gasteiger partial charge in [0.05, 0.1) is 76.2 Å². The lowest BCUT2D eigenvalue weighted by atomic mass is 9.87. The molecule has 2 N–H and O–H groups in total. The average molecular weight is 976 g/mol. The SMILES string of the molecule is COC(=O)C[C@H](C(=O)N1CCC[C@H]1C(=O)CNC(=O)c1ccc(C2CCC(c3ccc(C(=O)NCC(=O)[C@@H]4CCCN4C(=O)[C@@H](CC(=O)OC)C(C)C)cc3)N2c2ccc(C(C)(C)C)cc2)cc1)C(C)C. The number of nitrogens with one attached hydrogen (secondary N) is 2. The Morgan fingerprint density at radius 2 is 0.944 bits per heavy atom. The number of amides is 4. The molecule has 0 spiro atoms. The van der Waals surface area contributed by atoms with Crippen LogP contribution < -0.4 is 15.5 Å². The number of carbonyl (C=O) groups is 8. The molecule has 3 aromatic carbocycles. The summed E-state index contributed by atoms with van der Waals surface area (Å²) in [5.74, 6) is -4.24. The Labute approximate surface area is 418 Å². The van der Waals surface area contributed by atoms with Gasteiger partial charge in [0, 0.05) is 29.9 Å². The van der Waals surface area contributed by atoms with E-state index in [2.05, 4.69) is 60.6 Å². The minimum atomic E-state index is -0.676. The van der Waals surface area contributed by atoms with Gasteiger partial charge in [0.2, 0.25) is 11.8 Å². The molecule has 3 aliphatic rings. The normalized spacial score (nSPS) is 19.9. The quantitative estimate of drug-likeness (QED) is 0.115. The number of rotatable bonds is 19. The molecule has 382 valence electrons. The van der Waals surface area contributed by atoms with E-state index >= 15 is 0 Å². The Balaban J connectivity index is 1.11. The minimum absolute atomic E-state index is 0.0443. The third kappa shape index (κ3) is 12.9. The summed E-state index contributed by atoms with van der Waals surface area (Å²) in [5, 5.41) is 5.55. The maximum absolute atomic E-state index is 13.5. The van der Waals surface area contributed by atoms with Crippen LogP contribution in [0.4, 0.5) is 5.69 Å². The highest BCUT2D eigenvalue weighted by molar-refractivity contribution is 6.00. The van der Waals surface area contributed by atoms with Gasteiger partial charge in [0.25, 0.3) is 11.8 Å². The second-order valence-electron chi connectivity index (χ2n) is 21.0. The summed E-state index contributed by atoms with van der Waals surface area (Å²) in [6.45, 7) is 14.3. The summed E-state index contributed by atoms with van der Waals surface area (Å²) < 4.78 is 9.64. The van der Waals surface area contributed by atoms with Gasteiger partial charge in [-0.05, 0) is 109 Å². The molecule has 6 atom stereocenters. The van der Waals surface area contributed by atoms with Gasteiger partial charge in [-0.3, -0.25) is 38.4 Å². The van der Waals surface area contributed by atoms with Crippen molar-refractivity contribution < 1.29 is 47.8 Å². The first-order chi connectivity index (χ1) is 33.7. The average Bonchev–Trinajstić information content (AvgIpc) is 4.16. The summed E-state index contributed by atoms with van der Waals surface area (Å²) in [5.41, 5.74) is 5.00. The van der Waals surface area contributed by atoms with Crippen molar-refractivity contribution in [1.29, 1.82) is 0 Å². The number of Topliss-reactive ketones (excluding diaryl/α,β-unsaturated/α-hetero) is 2. The molecule has 4 amide bonds. The highest BCUT2D eigenvalue weighted by Gasteiger charge is 2.41. The van der Waals surface area contributed by atoms with Crippen molar-refractivity contribution in [3.8, 4) is 0 Å². The number of ketones is 2. The molecule has 3 heterocycles. The van der Waals surface area contributed by atoms with E-state index in [4.69, 9.17) is 9.47 Å². The van der Waals surface area contributed by atoms with Gasteiger partial charge < -0.3 is 34.8 Å². The Morgan fingerprint density at radius 1 is 0.563 bits per heavy atom. The molecule has 0 saturated carbocycles. The van der Waals surface area contributed by atoms with E-state index in [9.17, 15) is 38.4 Å². The highest BCUT2D eigenvalue weighted by atomic mass is 16.5. The molecule has 71 heavy (non-hydrogen) atoms. The highest BCUT2D eigenvalue weighted by Crippen LogP contribution is 2.47. The van der Waals surface area contributed by atoms with Crippen molar-refractivity contribution in [2.75, 3.05) is 45.3 Å². The molecule has 2 unspecified atom stereocenters. The lowest BCUT2D eigenvalue weighted by Crippen LogP contribution is -2.47. The fourth-order valence-corrected chi connectivity index (χ4v) is 10.3. The molecular weight excluding hydrogens is 903 g/mol. The largest absolute Gasteiger partial charge is 0.469 e. The summed E-state index contributed by atoms with van der Waals surface area (Å²) in [6, 6.07) is 22.0. The number of benzene rings is 3. The zero-order chi connectivity index (χ0) is 51.7. The van der Waals surface area contributed by atoms with Gasteiger partial charge in [0.1, 0.15) is 0 Å². The van der Waals surface area contributed by atoms with Crippen LogP contribution in [0.15, 0.2) is 72.8 Å². The van der Waals surface area contributed by atoms with E-state index in [-0.39, 0.29) is 78.6 Å². The van der Waals surface area contributed by atoms with E-state index in [1.807, 2.05) is 52.0 Å². The van der Waals surface area contributed by atoms with Crippen molar-refractivity contribution in [3.05, 3.63) is 101 Å². The number of hydrogen-bond acceptors (Lipinski definition) is 11. The molecule has 0 aromatic heterocycles.